The summed E-state index contributed by atoms with van der Waals surface area (Å²) in [6, 6.07) is 2.07. The summed E-state index contributed by atoms with van der Waals surface area (Å²) in [4.78, 5) is 2.22. The van der Waals surface area contributed by atoms with E-state index in [1.165, 1.54) is 30.8 Å². The topological polar surface area (TPSA) is 52.8 Å². The molecule has 0 aliphatic carbocycles. The molecule has 0 atom stereocenters. The number of anilines is 1. The molecule has 1 fully saturated rings. The van der Waals surface area contributed by atoms with Crippen LogP contribution in [-0.4, -0.2) is 22.7 Å². The van der Waals surface area contributed by atoms with Crippen LogP contribution in [0.5, 0.6) is 0 Å². The number of aromatic nitrogens is 2. The zero-order valence-corrected chi connectivity index (χ0v) is 8.05. The van der Waals surface area contributed by atoms with Gasteiger partial charge in [-0.3, -0.25) is 0 Å². The molecule has 0 amide bonds. The van der Waals surface area contributed by atoms with Crippen molar-refractivity contribution >= 4 is 16.5 Å². The normalized spacial score (nSPS) is 17.0. The summed E-state index contributed by atoms with van der Waals surface area (Å²) < 4.78 is 3.80. The quantitative estimate of drug-likeness (QED) is 0.678. The van der Waals surface area contributed by atoms with Crippen molar-refractivity contribution in [2.75, 3.05) is 18.0 Å². The Bertz CT molecular complexity index is 321. The number of hydrogen-bond acceptors (Lipinski definition) is 5. The molecule has 68 valence electrons. The Kier molecular flexibility index (Phi) is 2.41. The van der Waals surface area contributed by atoms with Gasteiger partial charge < -0.3 is 4.90 Å². The molecule has 0 saturated carbocycles. The molecule has 0 bridgehead atoms. The summed E-state index contributed by atoms with van der Waals surface area (Å²) in [5, 5.41) is 13.5. The van der Waals surface area contributed by atoms with E-state index in [9.17, 15) is 0 Å². The van der Waals surface area contributed by atoms with Crippen LogP contribution in [0.25, 0.3) is 0 Å². The molecule has 1 aromatic heterocycles. The van der Waals surface area contributed by atoms with E-state index in [1.54, 1.807) is 0 Å². The van der Waals surface area contributed by atoms with Gasteiger partial charge >= 0.3 is 0 Å². The standard InChI is InChI=1S/C8H10N4S/c9-6-7-8(13-11-10-7)12-4-2-1-3-5-12/h1-5H2. The van der Waals surface area contributed by atoms with Gasteiger partial charge in [0.1, 0.15) is 6.07 Å². The Balaban J connectivity index is 2.19. The average molecular weight is 194 g/mol. The number of hydrogen-bond donors (Lipinski definition) is 0. The second-order valence-corrected chi connectivity index (χ2v) is 3.82. The van der Waals surface area contributed by atoms with Crippen LogP contribution in [0, 0.1) is 11.3 Å². The molecule has 2 rings (SSSR count). The third-order valence-corrected chi connectivity index (χ3v) is 3.01. The van der Waals surface area contributed by atoms with Crippen molar-refractivity contribution in [3.05, 3.63) is 5.69 Å². The Morgan fingerprint density at radius 2 is 2.08 bits per heavy atom. The zero-order chi connectivity index (χ0) is 9.10. The molecule has 5 heteroatoms. The van der Waals surface area contributed by atoms with Gasteiger partial charge in [0.2, 0.25) is 0 Å². The van der Waals surface area contributed by atoms with Crippen molar-refractivity contribution in [3.8, 4) is 6.07 Å². The van der Waals surface area contributed by atoms with Crippen molar-refractivity contribution < 1.29 is 0 Å². The molecule has 0 unspecified atom stereocenters. The third kappa shape index (κ3) is 1.63. The lowest BCUT2D eigenvalue weighted by molar-refractivity contribution is 0.580. The van der Waals surface area contributed by atoms with Crippen LogP contribution in [-0.2, 0) is 0 Å². The van der Waals surface area contributed by atoms with E-state index in [-0.39, 0.29) is 0 Å². The van der Waals surface area contributed by atoms with E-state index in [4.69, 9.17) is 5.26 Å². The molecule has 1 aliphatic heterocycles. The van der Waals surface area contributed by atoms with Crippen molar-refractivity contribution in [1.29, 1.82) is 5.26 Å². The van der Waals surface area contributed by atoms with Crippen LogP contribution in [0.1, 0.15) is 25.0 Å². The Morgan fingerprint density at radius 3 is 2.77 bits per heavy atom. The van der Waals surface area contributed by atoms with Crippen LogP contribution >= 0.6 is 11.5 Å². The summed E-state index contributed by atoms with van der Waals surface area (Å²) >= 11 is 1.32. The van der Waals surface area contributed by atoms with E-state index in [1.807, 2.05) is 0 Å². The lowest BCUT2D eigenvalue weighted by Gasteiger charge is -2.26. The van der Waals surface area contributed by atoms with E-state index in [2.05, 4.69) is 20.6 Å². The molecular weight excluding hydrogens is 184 g/mol. The summed E-state index contributed by atoms with van der Waals surface area (Å²) in [6.45, 7) is 2.08. The predicted octanol–water partition coefficient (Wildman–Crippen LogP) is 1.40. The Hall–Kier alpha value is -1.15. The van der Waals surface area contributed by atoms with Crippen LogP contribution < -0.4 is 4.90 Å². The minimum absolute atomic E-state index is 0.479. The maximum atomic E-state index is 8.77. The summed E-state index contributed by atoms with van der Waals surface area (Å²) in [6.07, 6.45) is 3.72. The maximum absolute atomic E-state index is 8.77. The molecule has 0 spiro atoms. The van der Waals surface area contributed by atoms with Crippen molar-refractivity contribution in [3.63, 3.8) is 0 Å². The molecule has 13 heavy (non-hydrogen) atoms. The van der Waals surface area contributed by atoms with E-state index >= 15 is 0 Å². The van der Waals surface area contributed by atoms with Crippen LogP contribution in [0.2, 0.25) is 0 Å². The smallest absolute Gasteiger partial charge is 0.199 e. The Morgan fingerprint density at radius 1 is 1.31 bits per heavy atom. The van der Waals surface area contributed by atoms with Crippen molar-refractivity contribution in [2.24, 2.45) is 0 Å². The molecule has 1 saturated heterocycles. The van der Waals surface area contributed by atoms with Crippen molar-refractivity contribution in [1.82, 2.24) is 9.59 Å². The fourth-order valence-corrected chi connectivity index (χ4v) is 2.23. The van der Waals surface area contributed by atoms with Gasteiger partial charge in [0, 0.05) is 24.6 Å². The third-order valence-electron chi connectivity index (χ3n) is 2.22. The monoisotopic (exact) mass is 194 g/mol. The first-order valence-corrected chi connectivity index (χ1v) is 5.16. The maximum Gasteiger partial charge on any atom is 0.199 e. The van der Waals surface area contributed by atoms with E-state index in [0.717, 1.165) is 18.1 Å². The number of piperidine rings is 1. The largest absolute Gasteiger partial charge is 0.360 e. The summed E-state index contributed by atoms with van der Waals surface area (Å²) in [5.41, 5.74) is 0.479. The highest BCUT2D eigenvalue weighted by atomic mass is 32.1. The van der Waals surface area contributed by atoms with Crippen LogP contribution in [0.15, 0.2) is 0 Å². The average Bonchev–Trinajstić information content (AvgIpc) is 2.67. The highest BCUT2D eigenvalue weighted by molar-refractivity contribution is 7.10. The minimum atomic E-state index is 0.479. The molecule has 1 aromatic rings. The number of nitrogens with zero attached hydrogens (tertiary/aromatic N) is 4. The van der Waals surface area contributed by atoms with Crippen LogP contribution in [0.4, 0.5) is 5.00 Å². The molecule has 1 aliphatic rings. The van der Waals surface area contributed by atoms with Gasteiger partial charge in [-0.05, 0) is 19.3 Å². The molecule has 0 aromatic carbocycles. The highest BCUT2D eigenvalue weighted by Gasteiger charge is 2.17. The minimum Gasteiger partial charge on any atom is -0.360 e. The fraction of sp³-hybridized carbons (Fsp3) is 0.625. The van der Waals surface area contributed by atoms with Gasteiger partial charge in [-0.25, -0.2) is 0 Å². The number of rotatable bonds is 1. The van der Waals surface area contributed by atoms with Crippen molar-refractivity contribution in [2.45, 2.75) is 19.3 Å². The van der Waals surface area contributed by atoms with Gasteiger partial charge in [0.05, 0.1) is 0 Å². The number of nitriles is 1. The molecular formula is C8H10N4S. The SMILES string of the molecule is N#Cc1nnsc1N1CCCCC1. The first-order chi connectivity index (χ1) is 6.42. The van der Waals surface area contributed by atoms with Gasteiger partial charge in [0.25, 0.3) is 0 Å². The zero-order valence-electron chi connectivity index (χ0n) is 7.23. The second kappa shape index (κ2) is 3.71. The van der Waals surface area contributed by atoms with E-state index in [0.29, 0.717) is 5.69 Å². The first-order valence-electron chi connectivity index (χ1n) is 4.39. The van der Waals surface area contributed by atoms with E-state index < -0.39 is 0 Å². The molecule has 0 radical (unpaired) electrons. The summed E-state index contributed by atoms with van der Waals surface area (Å²) in [5.74, 6) is 0. The second-order valence-electron chi connectivity index (χ2n) is 3.09. The van der Waals surface area contributed by atoms with Gasteiger partial charge in [-0.15, -0.1) is 5.10 Å². The van der Waals surface area contributed by atoms with Gasteiger partial charge in [-0.1, -0.05) is 4.49 Å². The van der Waals surface area contributed by atoms with Gasteiger partial charge in [-0.2, -0.15) is 5.26 Å². The molecule has 0 N–H and O–H groups in total. The van der Waals surface area contributed by atoms with Gasteiger partial charge in [0.15, 0.2) is 10.7 Å². The Labute approximate surface area is 81.0 Å². The van der Waals surface area contributed by atoms with Crippen LogP contribution in [0.3, 0.4) is 0 Å². The lowest BCUT2D eigenvalue weighted by atomic mass is 10.1. The molecule has 4 nitrogen and oxygen atoms in total. The first kappa shape index (κ1) is 8.45. The predicted molar refractivity (Wildman–Crippen MR) is 50.7 cm³/mol. The summed E-state index contributed by atoms with van der Waals surface area (Å²) in [7, 11) is 0. The lowest BCUT2D eigenvalue weighted by Crippen LogP contribution is -2.29. The highest BCUT2D eigenvalue weighted by Crippen LogP contribution is 2.25. The molecule has 2 heterocycles. The fourth-order valence-electron chi connectivity index (χ4n) is 1.56.